The normalized spacial score (nSPS) is 10.0. The number of hydrogen-bond donors (Lipinski definition) is 0. The van der Waals surface area contributed by atoms with Crippen molar-refractivity contribution in [3.05, 3.63) is 41.0 Å². The fourth-order valence-electron chi connectivity index (χ4n) is 1.85. The molecule has 1 aromatic rings. The van der Waals surface area contributed by atoms with E-state index < -0.39 is 0 Å². The first-order valence-corrected chi connectivity index (χ1v) is 4.26. The van der Waals surface area contributed by atoms with E-state index in [1.807, 2.05) is 0 Å². The van der Waals surface area contributed by atoms with Crippen LogP contribution in [0.15, 0.2) is 18.7 Å². The minimum absolute atomic E-state index is 1.16. The maximum Gasteiger partial charge on any atom is -0.0174 e. The van der Waals surface area contributed by atoms with Gasteiger partial charge in [-0.05, 0) is 44.4 Å². The Morgan fingerprint density at radius 1 is 1.08 bits per heavy atom. The Labute approximate surface area is 74.9 Å². The van der Waals surface area contributed by atoms with Gasteiger partial charge in [-0.25, -0.2) is 0 Å². The molecule has 0 fully saturated rings. The second-order valence-corrected chi connectivity index (χ2v) is 3.55. The average Bonchev–Trinajstić information content (AvgIpc) is 1.82. The van der Waals surface area contributed by atoms with E-state index in [9.17, 15) is 0 Å². The highest BCUT2D eigenvalue weighted by Crippen LogP contribution is 2.22. The lowest BCUT2D eigenvalue weighted by Crippen LogP contribution is -1.91. The van der Waals surface area contributed by atoms with E-state index in [2.05, 4.69) is 46.4 Å². The number of aryl methyl sites for hydroxylation is 3. The van der Waals surface area contributed by atoms with Crippen molar-refractivity contribution in [2.24, 2.45) is 0 Å². The molecule has 0 heterocycles. The molecular formula is C12H16. The molecule has 1 aromatic carbocycles. The zero-order valence-corrected chi connectivity index (χ0v) is 8.36. The van der Waals surface area contributed by atoms with Gasteiger partial charge in [-0.2, -0.15) is 0 Å². The van der Waals surface area contributed by atoms with Gasteiger partial charge in [0.15, 0.2) is 0 Å². The van der Waals surface area contributed by atoms with Crippen molar-refractivity contribution in [2.45, 2.75) is 27.7 Å². The molecule has 0 aromatic heterocycles. The third-order valence-corrected chi connectivity index (χ3v) is 2.10. The SMILES string of the molecule is C=C(C)c1c(C)cc(C)cc1C. The first-order valence-electron chi connectivity index (χ1n) is 4.26. The van der Waals surface area contributed by atoms with Gasteiger partial charge in [0, 0.05) is 0 Å². The third-order valence-electron chi connectivity index (χ3n) is 2.10. The fourth-order valence-corrected chi connectivity index (χ4v) is 1.85. The van der Waals surface area contributed by atoms with E-state index in [0.717, 1.165) is 5.57 Å². The van der Waals surface area contributed by atoms with E-state index in [4.69, 9.17) is 0 Å². The van der Waals surface area contributed by atoms with Gasteiger partial charge in [-0.15, -0.1) is 0 Å². The molecule has 1 rings (SSSR count). The molecule has 0 saturated heterocycles. The standard InChI is InChI=1S/C12H16/c1-8(2)12-10(4)6-9(3)7-11(12)5/h6-7H,1H2,2-5H3. The van der Waals surface area contributed by atoms with Gasteiger partial charge < -0.3 is 0 Å². The van der Waals surface area contributed by atoms with Crippen molar-refractivity contribution < 1.29 is 0 Å². The molecule has 0 heteroatoms. The second kappa shape index (κ2) is 3.14. The highest BCUT2D eigenvalue weighted by Gasteiger charge is 2.02. The Balaban J connectivity index is 3.38. The van der Waals surface area contributed by atoms with E-state index in [0.29, 0.717) is 0 Å². The number of allylic oxidation sites excluding steroid dienone is 1. The minimum Gasteiger partial charge on any atom is -0.0955 e. The molecule has 0 aliphatic heterocycles. The van der Waals surface area contributed by atoms with Crippen LogP contribution in [0.25, 0.3) is 5.57 Å². The lowest BCUT2D eigenvalue weighted by atomic mass is 9.95. The molecule has 0 saturated carbocycles. The largest absolute Gasteiger partial charge is 0.0955 e. The zero-order valence-electron chi connectivity index (χ0n) is 8.36. The molecule has 0 unspecified atom stereocenters. The van der Waals surface area contributed by atoms with Crippen molar-refractivity contribution in [1.82, 2.24) is 0 Å². The summed E-state index contributed by atoms with van der Waals surface area (Å²) < 4.78 is 0. The van der Waals surface area contributed by atoms with Crippen LogP contribution in [-0.4, -0.2) is 0 Å². The van der Waals surface area contributed by atoms with Crippen LogP contribution in [0.3, 0.4) is 0 Å². The summed E-state index contributed by atoms with van der Waals surface area (Å²) >= 11 is 0. The van der Waals surface area contributed by atoms with Crippen LogP contribution < -0.4 is 0 Å². The van der Waals surface area contributed by atoms with Crippen molar-refractivity contribution in [3.8, 4) is 0 Å². The van der Waals surface area contributed by atoms with Gasteiger partial charge in [0.25, 0.3) is 0 Å². The molecule has 0 amide bonds. The van der Waals surface area contributed by atoms with Crippen LogP contribution in [0.4, 0.5) is 0 Å². The number of benzene rings is 1. The Morgan fingerprint density at radius 3 is 1.83 bits per heavy atom. The molecule has 64 valence electrons. The van der Waals surface area contributed by atoms with Crippen LogP contribution in [0.5, 0.6) is 0 Å². The third kappa shape index (κ3) is 1.58. The maximum atomic E-state index is 3.98. The molecule has 0 aliphatic carbocycles. The summed E-state index contributed by atoms with van der Waals surface area (Å²) in [5.74, 6) is 0. The molecule has 0 bridgehead atoms. The molecule has 0 aliphatic rings. The molecular weight excluding hydrogens is 144 g/mol. The summed E-state index contributed by atoms with van der Waals surface area (Å²) in [6.07, 6.45) is 0. The van der Waals surface area contributed by atoms with Crippen LogP contribution in [-0.2, 0) is 0 Å². The van der Waals surface area contributed by atoms with Gasteiger partial charge in [-0.3, -0.25) is 0 Å². The van der Waals surface area contributed by atoms with Crippen molar-refractivity contribution in [1.29, 1.82) is 0 Å². The van der Waals surface area contributed by atoms with Gasteiger partial charge in [0.05, 0.1) is 0 Å². The predicted octanol–water partition coefficient (Wildman–Crippen LogP) is 3.64. The van der Waals surface area contributed by atoms with Crippen LogP contribution in [0.1, 0.15) is 29.2 Å². The summed E-state index contributed by atoms with van der Waals surface area (Å²) in [5, 5.41) is 0. The molecule has 0 nitrogen and oxygen atoms in total. The number of rotatable bonds is 1. The molecule has 0 radical (unpaired) electrons. The molecule has 12 heavy (non-hydrogen) atoms. The average molecular weight is 160 g/mol. The molecule has 0 N–H and O–H groups in total. The van der Waals surface area contributed by atoms with E-state index in [1.165, 1.54) is 22.3 Å². The Kier molecular flexibility index (Phi) is 2.37. The fraction of sp³-hybridized carbons (Fsp3) is 0.333. The van der Waals surface area contributed by atoms with E-state index >= 15 is 0 Å². The Hall–Kier alpha value is -1.04. The van der Waals surface area contributed by atoms with E-state index in [-0.39, 0.29) is 0 Å². The molecule has 0 atom stereocenters. The van der Waals surface area contributed by atoms with E-state index in [1.54, 1.807) is 0 Å². The van der Waals surface area contributed by atoms with Crippen LogP contribution in [0, 0.1) is 20.8 Å². The van der Waals surface area contributed by atoms with Gasteiger partial charge in [-0.1, -0.05) is 29.8 Å². The summed E-state index contributed by atoms with van der Waals surface area (Å²) in [5.41, 5.74) is 6.47. The van der Waals surface area contributed by atoms with Gasteiger partial charge >= 0.3 is 0 Å². The lowest BCUT2D eigenvalue weighted by Gasteiger charge is -2.10. The first kappa shape index (κ1) is 9.05. The van der Waals surface area contributed by atoms with Crippen molar-refractivity contribution in [3.63, 3.8) is 0 Å². The summed E-state index contributed by atoms with van der Waals surface area (Å²) in [6.45, 7) is 12.4. The monoisotopic (exact) mass is 160 g/mol. The van der Waals surface area contributed by atoms with Gasteiger partial charge in [0.2, 0.25) is 0 Å². The van der Waals surface area contributed by atoms with Crippen molar-refractivity contribution >= 4 is 5.57 Å². The predicted molar refractivity (Wildman–Crippen MR) is 55.4 cm³/mol. The highest BCUT2D eigenvalue weighted by atomic mass is 14.1. The van der Waals surface area contributed by atoms with Crippen LogP contribution in [0.2, 0.25) is 0 Å². The lowest BCUT2D eigenvalue weighted by molar-refractivity contribution is 1.28. The van der Waals surface area contributed by atoms with Gasteiger partial charge in [0.1, 0.15) is 0 Å². The quantitative estimate of drug-likeness (QED) is 0.588. The summed E-state index contributed by atoms with van der Waals surface area (Å²) in [7, 11) is 0. The summed E-state index contributed by atoms with van der Waals surface area (Å²) in [4.78, 5) is 0. The zero-order chi connectivity index (χ0) is 9.30. The summed E-state index contributed by atoms with van der Waals surface area (Å²) in [6, 6.07) is 4.41. The number of hydrogen-bond acceptors (Lipinski definition) is 0. The Bertz CT molecular complexity index is 296. The smallest absolute Gasteiger partial charge is 0.0174 e. The van der Waals surface area contributed by atoms with Crippen LogP contribution >= 0.6 is 0 Å². The second-order valence-electron chi connectivity index (χ2n) is 3.55. The highest BCUT2D eigenvalue weighted by molar-refractivity contribution is 5.67. The minimum atomic E-state index is 1.16. The topological polar surface area (TPSA) is 0 Å². The Morgan fingerprint density at radius 2 is 1.50 bits per heavy atom. The first-order chi connectivity index (χ1) is 5.52. The van der Waals surface area contributed by atoms with Crippen molar-refractivity contribution in [2.75, 3.05) is 0 Å². The molecule has 0 spiro atoms. The maximum absolute atomic E-state index is 3.98.